The number of rotatable bonds is 5. The van der Waals surface area contributed by atoms with Crippen LogP contribution < -0.4 is 9.62 Å². The quantitative estimate of drug-likeness (QED) is 0.689. The van der Waals surface area contributed by atoms with Crippen molar-refractivity contribution < 1.29 is 13.2 Å². The molecule has 0 spiro atoms. The zero-order valence-electron chi connectivity index (χ0n) is 15.6. The van der Waals surface area contributed by atoms with E-state index in [1.807, 2.05) is 6.07 Å². The van der Waals surface area contributed by atoms with Gasteiger partial charge in [0.2, 0.25) is 5.91 Å². The molecule has 1 fully saturated rings. The number of likely N-dealkylation sites (N-methyl/N-ethyl adjacent to an activating group) is 1. The number of aromatic nitrogens is 4. The van der Waals surface area contributed by atoms with Crippen molar-refractivity contribution in [3.05, 3.63) is 48.0 Å². The van der Waals surface area contributed by atoms with Gasteiger partial charge in [-0.2, -0.15) is 0 Å². The largest absolute Gasteiger partial charge is 0.315 e. The molecule has 1 amide bonds. The summed E-state index contributed by atoms with van der Waals surface area (Å²) in [6.07, 6.45) is 2.29. The summed E-state index contributed by atoms with van der Waals surface area (Å²) in [5.41, 5.74) is 2.60. The number of sulfonamides is 1. The number of amides is 1. The standard InChI is InChI=1S/C19H18N6O3S/c1-24-17-8-7-16(10-13(17)11-18(24)26)29(27,28)21-14-4-2-3-12(9-14)19-20-22-23-25(19)15-5-6-15/h2-4,7-10,15,21H,5-6,11H2,1H3. The van der Waals surface area contributed by atoms with E-state index in [0.29, 0.717) is 23.1 Å². The Balaban J connectivity index is 1.44. The van der Waals surface area contributed by atoms with Gasteiger partial charge >= 0.3 is 0 Å². The Kier molecular flexibility index (Phi) is 3.91. The second kappa shape index (κ2) is 6.38. The van der Waals surface area contributed by atoms with E-state index in [-0.39, 0.29) is 17.2 Å². The Hall–Kier alpha value is -3.27. The van der Waals surface area contributed by atoms with Crippen molar-refractivity contribution in [3.63, 3.8) is 0 Å². The molecule has 2 aromatic carbocycles. The number of tetrazole rings is 1. The molecule has 0 saturated heterocycles. The van der Waals surface area contributed by atoms with Crippen LogP contribution in [0.2, 0.25) is 0 Å². The van der Waals surface area contributed by atoms with Crippen LogP contribution in [0.4, 0.5) is 11.4 Å². The van der Waals surface area contributed by atoms with Gasteiger partial charge in [-0.1, -0.05) is 12.1 Å². The monoisotopic (exact) mass is 410 g/mol. The van der Waals surface area contributed by atoms with Crippen LogP contribution in [-0.2, 0) is 21.2 Å². The summed E-state index contributed by atoms with van der Waals surface area (Å²) in [4.78, 5) is 13.5. The van der Waals surface area contributed by atoms with Crippen molar-refractivity contribution in [2.45, 2.75) is 30.2 Å². The number of carbonyl (C=O) groups excluding carboxylic acids is 1. The van der Waals surface area contributed by atoms with E-state index in [1.54, 1.807) is 42.1 Å². The molecule has 2 aliphatic rings. The molecule has 0 atom stereocenters. The van der Waals surface area contributed by atoms with Gasteiger partial charge in [0.1, 0.15) is 0 Å². The third-order valence-corrected chi connectivity index (χ3v) is 6.58. The van der Waals surface area contributed by atoms with Crippen LogP contribution in [0.5, 0.6) is 0 Å². The molecule has 1 aromatic heterocycles. The molecule has 29 heavy (non-hydrogen) atoms. The fraction of sp³-hybridized carbons (Fsp3) is 0.263. The van der Waals surface area contributed by atoms with E-state index < -0.39 is 10.0 Å². The van der Waals surface area contributed by atoms with Crippen LogP contribution in [-0.4, -0.2) is 41.6 Å². The molecule has 0 unspecified atom stereocenters. The molecule has 9 nitrogen and oxygen atoms in total. The van der Waals surface area contributed by atoms with Crippen molar-refractivity contribution in [2.75, 3.05) is 16.7 Å². The molecule has 148 valence electrons. The molecular weight excluding hydrogens is 392 g/mol. The molecule has 1 aliphatic carbocycles. The number of nitrogens with one attached hydrogen (secondary N) is 1. The van der Waals surface area contributed by atoms with Gasteiger partial charge in [-0.05, 0) is 59.2 Å². The van der Waals surface area contributed by atoms with Crippen molar-refractivity contribution in [2.24, 2.45) is 0 Å². The molecule has 0 radical (unpaired) electrons. The zero-order valence-corrected chi connectivity index (χ0v) is 16.4. The lowest BCUT2D eigenvalue weighted by Crippen LogP contribution is -2.20. The van der Waals surface area contributed by atoms with Crippen LogP contribution in [0.3, 0.4) is 0 Å². The number of benzene rings is 2. The second-order valence-corrected chi connectivity index (χ2v) is 8.97. The summed E-state index contributed by atoms with van der Waals surface area (Å²) in [7, 11) is -2.13. The smallest absolute Gasteiger partial charge is 0.261 e. The normalized spacial score (nSPS) is 16.2. The van der Waals surface area contributed by atoms with Crippen LogP contribution >= 0.6 is 0 Å². The highest BCUT2D eigenvalue weighted by Crippen LogP contribution is 2.37. The van der Waals surface area contributed by atoms with E-state index >= 15 is 0 Å². The highest BCUT2D eigenvalue weighted by Gasteiger charge is 2.29. The van der Waals surface area contributed by atoms with Crippen LogP contribution in [0.25, 0.3) is 11.4 Å². The topological polar surface area (TPSA) is 110 Å². The number of hydrogen-bond donors (Lipinski definition) is 1. The molecular formula is C19H18N6O3S. The van der Waals surface area contributed by atoms with Gasteiger partial charge in [-0.3, -0.25) is 9.52 Å². The maximum absolute atomic E-state index is 12.9. The Morgan fingerprint density at radius 2 is 1.97 bits per heavy atom. The van der Waals surface area contributed by atoms with Gasteiger partial charge < -0.3 is 4.90 Å². The first-order chi connectivity index (χ1) is 13.9. The van der Waals surface area contributed by atoms with Crippen LogP contribution in [0.15, 0.2) is 47.4 Å². The Bertz CT molecular complexity index is 1230. The first-order valence-electron chi connectivity index (χ1n) is 9.23. The molecule has 3 aromatic rings. The summed E-state index contributed by atoms with van der Waals surface area (Å²) in [6.45, 7) is 0. The fourth-order valence-electron chi connectivity index (χ4n) is 3.50. The van der Waals surface area contributed by atoms with E-state index in [1.165, 1.54) is 11.0 Å². The van der Waals surface area contributed by atoms with Crippen molar-refractivity contribution in [3.8, 4) is 11.4 Å². The first-order valence-corrected chi connectivity index (χ1v) is 10.7. The van der Waals surface area contributed by atoms with E-state index in [0.717, 1.165) is 24.1 Å². The minimum absolute atomic E-state index is 0.0522. The lowest BCUT2D eigenvalue weighted by molar-refractivity contribution is -0.117. The number of hydrogen-bond acceptors (Lipinski definition) is 6. The number of nitrogens with zero attached hydrogens (tertiary/aromatic N) is 5. The Labute approximate surface area is 167 Å². The number of anilines is 2. The van der Waals surface area contributed by atoms with E-state index in [4.69, 9.17) is 0 Å². The predicted octanol–water partition coefficient (Wildman–Crippen LogP) is 1.99. The van der Waals surface area contributed by atoms with Gasteiger partial charge in [0, 0.05) is 24.0 Å². The van der Waals surface area contributed by atoms with Gasteiger partial charge in [0.25, 0.3) is 10.0 Å². The SMILES string of the molecule is CN1C(=O)Cc2cc(S(=O)(=O)Nc3cccc(-c4nnnn4C4CC4)c3)ccc21. The lowest BCUT2D eigenvalue weighted by Gasteiger charge is -2.12. The summed E-state index contributed by atoms with van der Waals surface area (Å²) < 4.78 is 30.2. The van der Waals surface area contributed by atoms with Gasteiger partial charge in [0.05, 0.1) is 17.4 Å². The lowest BCUT2D eigenvalue weighted by atomic mass is 10.2. The van der Waals surface area contributed by atoms with Crippen LogP contribution in [0.1, 0.15) is 24.4 Å². The highest BCUT2D eigenvalue weighted by molar-refractivity contribution is 7.92. The third-order valence-electron chi connectivity index (χ3n) is 5.20. The summed E-state index contributed by atoms with van der Waals surface area (Å²) in [5.74, 6) is 0.566. The molecule has 10 heteroatoms. The Morgan fingerprint density at radius 3 is 2.76 bits per heavy atom. The highest BCUT2D eigenvalue weighted by atomic mass is 32.2. The summed E-state index contributed by atoms with van der Waals surface area (Å²) >= 11 is 0. The number of fused-ring (bicyclic) bond motifs is 1. The fourth-order valence-corrected chi connectivity index (χ4v) is 4.60. The average molecular weight is 410 g/mol. The molecule has 5 rings (SSSR count). The average Bonchev–Trinajstić information content (AvgIpc) is 3.35. The van der Waals surface area contributed by atoms with Gasteiger partial charge in [0.15, 0.2) is 5.82 Å². The molecule has 1 aliphatic heterocycles. The minimum atomic E-state index is -3.81. The predicted molar refractivity (Wildman–Crippen MR) is 106 cm³/mol. The third kappa shape index (κ3) is 3.15. The Morgan fingerprint density at radius 1 is 1.14 bits per heavy atom. The number of carbonyl (C=O) groups is 1. The summed E-state index contributed by atoms with van der Waals surface area (Å²) in [5, 5.41) is 11.9. The zero-order chi connectivity index (χ0) is 20.2. The summed E-state index contributed by atoms with van der Waals surface area (Å²) in [6, 6.07) is 12.0. The molecule has 0 bridgehead atoms. The van der Waals surface area contributed by atoms with Gasteiger partial charge in [-0.15, -0.1) is 5.10 Å². The van der Waals surface area contributed by atoms with E-state index in [9.17, 15) is 13.2 Å². The molecule has 1 N–H and O–H groups in total. The molecule has 2 heterocycles. The maximum Gasteiger partial charge on any atom is 0.261 e. The van der Waals surface area contributed by atoms with Crippen LogP contribution in [0, 0.1) is 0 Å². The second-order valence-electron chi connectivity index (χ2n) is 7.28. The maximum atomic E-state index is 12.9. The first kappa shape index (κ1) is 17.8. The van der Waals surface area contributed by atoms with Crippen molar-refractivity contribution in [1.29, 1.82) is 0 Å². The van der Waals surface area contributed by atoms with E-state index in [2.05, 4.69) is 20.2 Å². The van der Waals surface area contributed by atoms with Crippen molar-refractivity contribution >= 4 is 27.3 Å². The van der Waals surface area contributed by atoms with Crippen molar-refractivity contribution in [1.82, 2.24) is 20.2 Å². The minimum Gasteiger partial charge on any atom is -0.315 e. The van der Waals surface area contributed by atoms with Gasteiger partial charge in [-0.25, -0.2) is 13.1 Å². The molecule has 1 saturated carbocycles.